The molecule has 1 aliphatic carbocycles. The van der Waals surface area contributed by atoms with E-state index in [2.05, 4.69) is 78.9 Å². The summed E-state index contributed by atoms with van der Waals surface area (Å²) in [7, 11) is 0. The predicted molar refractivity (Wildman–Crippen MR) is 193 cm³/mol. The Hall–Kier alpha value is -6.33. The Bertz CT molecular complexity index is 2780. The van der Waals surface area contributed by atoms with Crippen LogP contribution in [0.2, 0.25) is 0 Å². The fourth-order valence-electron chi connectivity index (χ4n) is 7.10. The van der Waals surface area contributed by atoms with Gasteiger partial charge in [0.05, 0.1) is 0 Å². The molecule has 226 valence electrons. The zero-order chi connectivity index (χ0) is 31.6. The maximum atomic E-state index is 6.88. The van der Waals surface area contributed by atoms with E-state index in [-0.39, 0.29) is 0 Å². The monoisotopic (exact) mass is 617 g/mol. The van der Waals surface area contributed by atoms with Crippen molar-refractivity contribution in [1.29, 1.82) is 0 Å². The second kappa shape index (κ2) is 10.6. The molecule has 5 nitrogen and oxygen atoms in total. The van der Waals surface area contributed by atoms with E-state index in [1.54, 1.807) is 0 Å². The quantitative estimate of drug-likeness (QED) is 0.197. The lowest BCUT2D eigenvalue weighted by molar-refractivity contribution is 0.568. The third-order valence-corrected chi connectivity index (χ3v) is 9.41. The average molecular weight is 618 g/mol. The summed E-state index contributed by atoms with van der Waals surface area (Å²) in [5, 5.41) is 6.67. The van der Waals surface area contributed by atoms with E-state index in [1.165, 1.54) is 5.39 Å². The number of para-hydroxylation sites is 1. The van der Waals surface area contributed by atoms with Gasteiger partial charge in [0.25, 0.3) is 0 Å². The van der Waals surface area contributed by atoms with E-state index >= 15 is 0 Å². The number of fused-ring (bicyclic) bond motifs is 8. The van der Waals surface area contributed by atoms with Crippen LogP contribution in [0.3, 0.4) is 0 Å². The van der Waals surface area contributed by atoms with Crippen molar-refractivity contribution in [2.45, 2.75) is 12.8 Å². The highest BCUT2D eigenvalue weighted by molar-refractivity contribution is 6.15. The van der Waals surface area contributed by atoms with Gasteiger partial charge in [0.15, 0.2) is 17.5 Å². The van der Waals surface area contributed by atoms with Gasteiger partial charge in [-0.15, -0.1) is 0 Å². The summed E-state index contributed by atoms with van der Waals surface area (Å²) in [6.45, 7) is 0. The molecule has 0 bridgehead atoms. The van der Waals surface area contributed by atoms with E-state index in [0.29, 0.717) is 17.5 Å². The number of rotatable bonds is 4. The molecule has 5 heteroatoms. The lowest BCUT2D eigenvalue weighted by atomic mass is 9.98. The molecule has 3 aromatic heterocycles. The summed E-state index contributed by atoms with van der Waals surface area (Å²) in [6.07, 6.45) is 3.93. The molecular weight excluding hydrogens is 590 g/mol. The Morgan fingerprint density at radius 3 is 1.98 bits per heavy atom. The summed E-state index contributed by atoms with van der Waals surface area (Å²) in [4.78, 5) is 15.0. The highest BCUT2D eigenvalue weighted by atomic mass is 16.3. The van der Waals surface area contributed by atoms with Crippen LogP contribution in [0, 0.1) is 0 Å². The van der Waals surface area contributed by atoms with Crippen molar-refractivity contribution >= 4 is 55.3 Å². The summed E-state index contributed by atoms with van der Waals surface area (Å²) in [5.41, 5.74) is 8.49. The molecule has 0 aliphatic heterocycles. The molecule has 1 aliphatic rings. The van der Waals surface area contributed by atoms with E-state index < -0.39 is 0 Å². The van der Waals surface area contributed by atoms with Crippen LogP contribution in [0.1, 0.15) is 18.7 Å². The molecule has 0 saturated carbocycles. The van der Waals surface area contributed by atoms with Gasteiger partial charge in [-0.3, -0.25) is 0 Å². The highest BCUT2D eigenvalue weighted by Gasteiger charge is 2.21. The van der Waals surface area contributed by atoms with Gasteiger partial charge in [-0.05, 0) is 42.0 Å². The molecule has 3 heterocycles. The highest BCUT2D eigenvalue weighted by Crippen LogP contribution is 2.37. The van der Waals surface area contributed by atoms with Crippen LogP contribution >= 0.6 is 0 Å². The van der Waals surface area contributed by atoms with Crippen LogP contribution in [0.15, 0.2) is 142 Å². The van der Waals surface area contributed by atoms with Crippen LogP contribution in [-0.2, 0) is 0 Å². The number of hydrogen-bond donors (Lipinski definition) is 0. The molecule has 0 spiro atoms. The molecule has 0 saturated heterocycles. The average Bonchev–Trinajstić information content (AvgIpc) is 3.74. The fraction of sp³-hybridized carbons (Fsp3) is 0.0465. The smallest absolute Gasteiger partial charge is 0.164 e. The molecule has 0 unspecified atom stereocenters. The number of benzene rings is 6. The van der Waals surface area contributed by atoms with Crippen molar-refractivity contribution in [3.63, 3.8) is 0 Å². The largest absolute Gasteiger partial charge is 0.455 e. The van der Waals surface area contributed by atoms with E-state index in [4.69, 9.17) is 23.8 Å². The first-order chi connectivity index (χ1) is 23.8. The van der Waals surface area contributed by atoms with Gasteiger partial charge in [0, 0.05) is 49.0 Å². The predicted octanol–water partition coefficient (Wildman–Crippen LogP) is 9.44. The van der Waals surface area contributed by atoms with Gasteiger partial charge >= 0.3 is 0 Å². The second-order valence-electron chi connectivity index (χ2n) is 12.3. The van der Waals surface area contributed by atoms with Crippen LogP contribution in [-0.4, -0.2) is 15.0 Å². The van der Waals surface area contributed by atoms with Crippen molar-refractivity contribution in [2.75, 3.05) is 0 Å². The zero-order valence-corrected chi connectivity index (χ0v) is 25.9. The molecule has 0 N–H and O–H groups in total. The molecule has 48 heavy (non-hydrogen) atoms. The normalized spacial score (nSPS) is 13.0. The van der Waals surface area contributed by atoms with Crippen molar-refractivity contribution in [1.82, 2.24) is 15.0 Å². The Morgan fingerprint density at radius 2 is 1.19 bits per heavy atom. The molecule has 0 radical (unpaired) electrons. The Balaban J connectivity index is 1.18. The molecule has 10 rings (SSSR count). The van der Waals surface area contributed by atoms with E-state index in [0.717, 1.165) is 89.6 Å². The first-order valence-electron chi connectivity index (χ1n) is 16.3. The molecule has 0 atom stereocenters. The lowest BCUT2D eigenvalue weighted by Gasteiger charge is -2.11. The SMILES string of the molecule is C1=c2c(oc3c(-c4ccc5oc6c7ccccc7ccc6c5c4)cccc23)=C(c2nc(-c3ccccc3)nc(-c3ccccc3)n2)CC1. The van der Waals surface area contributed by atoms with Crippen molar-refractivity contribution in [3.8, 4) is 33.9 Å². The summed E-state index contributed by atoms with van der Waals surface area (Å²) in [6, 6.07) is 45.7. The first kappa shape index (κ1) is 26.8. The molecule has 0 amide bonds. The Kier molecular flexibility index (Phi) is 5.93. The van der Waals surface area contributed by atoms with Crippen molar-refractivity contribution < 1.29 is 8.83 Å². The minimum atomic E-state index is 0.647. The Labute approximate surface area is 275 Å². The van der Waals surface area contributed by atoms with Crippen molar-refractivity contribution in [3.05, 3.63) is 150 Å². The van der Waals surface area contributed by atoms with Crippen LogP contribution < -0.4 is 10.6 Å². The van der Waals surface area contributed by atoms with E-state index in [9.17, 15) is 0 Å². The maximum Gasteiger partial charge on any atom is 0.164 e. The fourth-order valence-corrected chi connectivity index (χ4v) is 7.10. The number of aromatic nitrogens is 3. The minimum Gasteiger partial charge on any atom is -0.455 e. The molecule has 0 fully saturated rings. The third-order valence-electron chi connectivity index (χ3n) is 9.41. The second-order valence-corrected chi connectivity index (χ2v) is 12.3. The molecular formula is C43H27N3O2. The number of nitrogens with zero attached hydrogens (tertiary/aromatic N) is 3. The van der Waals surface area contributed by atoms with Crippen molar-refractivity contribution in [2.24, 2.45) is 0 Å². The topological polar surface area (TPSA) is 65.0 Å². The van der Waals surface area contributed by atoms with Gasteiger partial charge in [0.1, 0.15) is 22.2 Å². The summed E-state index contributed by atoms with van der Waals surface area (Å²) in [5.74, 6) is 1.94. The van der Waals surface area contributed by atoms with Gasteiger partial charge in [-0.1, -0.05) is 121 Å². The lowest BCUT2D eigenvalue weighted by Crippen LogP contribution is -2.27. The number of furan rings is 2. The Morgan fingerprint density at radius 1 is 0.479 bits per heavy atom. The molecule has 9 aromatic rings. The first-order valence-corrected chi connectivity index (χ1v) is 16.3. The summed E-state index contributed by atoms with van der Waals surface area (Å²) >= 11 is 0. The van der Waals surface area contributed by atoms with Gasteiger partial charge < -0.3 is 8.83 Å². The van der Waals surface area contributed by atoms with Crippen LogP contribution in [0.5, 0.6) is 0 Å². The third kappa shape index (κ3) is 4.21. The maximum absolute atomic E-state index is 6.88. The molecule has 6 aromatic carbocycles. The van der Waals surface area contributed by atoms with E-state index in [1.807, 2.05) is 60.7 Å². The minimum absolute atomic E-state index is 0.647. The summed E-state index contributed by atoms with van der Waals surface area (Å²) < 4.78 is 13.3. The van der Waals surface area contributed by atoms with Gasteiger partial charge in [0.2, 0.25) is 0 Å². The number of hydrogen-bond acceptors (Lipinski definition) is 5. The van der Waals surface area contributed by atoms with Crippen LogP contribution in [0.4, 0.5) is 0 Å². The van der Waals surface area contributed by atoms with Crippen LogP contribution in [0.25, 0.3) is 89.2 Å². The van der Waals surface area contributed by atoms with Gasteiger partial charge in [-0.2, -0.15) is 0 Å². The standard InChI is InChI=1S/C43H27N3O2/c1-3-12-27(13-4-1)41-44-42(28-14-5-2-6-15-28)46-43(45-41)35-20-10-19-33-32-18-9-17-31(39(32)48-40(33)35)29-22-24-37-36(25-29)34-23-21-26-11-7-8-16-30(26)38(34)47-37/h1-9,11-19,21-25H,10,20H2. The van der Waals surface area contributed by atoms with Gasteiger partial charge in [-0.25, -0.2) is 15.0 Å². The zero-order valence-electron chi connectivity index (χ0n) is 25.9.